The summed E-state index contributed by atoms with van der Waals surface area (Å²) in [6, 6.07) is 61.0. The van der Waals surface area contributed by atoms with Gasteiger partial charge in [0.2, 0.25) is 0 Å². The van der Waals surface area contributed by atoms with Crippen molar-refractivity contribution in [1.29, 1.82) is 0 Å². The van der Waals surface area contributed by atoms with E-state index in [2.05, 4.69) is 146 Å². The Morgan fingerprint density at radius 2 is 0.700 bits per heavy atom. The molecule has 0 aliphatic heterocycles. The zero-order valence-electron chi connectivity index (χ0n) is 27.0. The first-order valence-corrected chi connectivity index (χ1v) is 17.1. The molecule has 232 valence electrons. The predicted molar refractivity (Wildman–Crippen MR) is 210 cm³/mol. The quantitative estimate of drug-likeness (QED) is 0.180. The van der Waals surface area contributed by atoms with Crippen molar-refractivity contribution in [3.8, 4) is 33.4 Å². The zero-order chi connectivity index (χ0) is 32.8. The van der Waals surface area contributed by atoms with Crippen LogP contribution in [0.1, 0.15) is 0 Å². The maximum absolute atomic E-state index is 6.35. The molecule has 0 amide bonds. The average molecular weight is 637 g/mol. The molecule has 0 saturated carbocycles. The highest BCUT2D eigenvalue weighted by Gasteiger charge is 2.18. The third-order valence-corrected chi connectivity index (χ3v) is 10.4. The van der Waals surface area contributed by atoms with Gasteiger partial charge in [0, 0.05) is 21.5 Å². The van der Waals surface area contributed by atoms with Crippen molar-refractivity contribution in [2.24, 2.45) is 0 Å². The summed E-state index contributed by atoms with van der Waals surface area (Å²) in [7, 11) is 0. The van der Waals surface area contributed by atoms with E-state index in [9.17, 15) is 0 Å². The van der Waals surface area contributed by atoms with Gasteiger partial charge in [-0.2, -0.15) is 0 Å². The molecule has 0 aliphatic rings. The SMILES string of the molecule is c1ccc(-c2c3ccccc3c(-c3ccc4cc(-c5ccc6oc7ccc8oc9ccccc9c8c7c6c5)ccc4c3)c3ccccc23)cc1. The molecule has 0 aliphatic carbocycles. The molecular formula is C48H28O2. The molecule has 2 heterocycles. The van der Waals surface area contributed by atoms with Gasteiger partial charge < -0.3 is 8.83 Å². The van der Waals surface area contributed by atoms with Crippen molar-refractivity contribution < 1.29 is 8.83 Å². The van der Waals surface area contributed by atoms with E-state index in [0.29, 0.717) is 0 Å². The van der Waals surface area contributed by atoms with Gasteiger partial charge in [-0.05, 0) is 108 Å². The summed E-state index contributed by atoms with van der Waals surface area (Å²) in [5.41, 5.74) is 10.9. The van der Waals surface area contributed by atoms with Gasteiger partial charge in [-0.3, -0.25) is 0 Å². The second-order valence-corrected chi connectivity index (χ2v) is 13.2. The van der Waals surface area contributed by atoms with Crippen LogP contribution in [0, 0.1) is 0 Å². The third-order valence-electron chi connectivity index (χ3n) is 10.4. The van der Waals surface area contributed by atoms with Crippen LogP contribution in [-0.4, -0.2) is 0 Å². The summed E-state index contributed by atoms with van der Waals surface area (Å²) in [6.07, 6.45) is 0. The smallest absolute Gasteiger partial charge is 0.136 e. The van der Waals surface area contributed by atoms with Crippen LogP contribution >= 0.6 is 0 Å². The Labute approximate surface area is 287 Å². The Bertz CT molecular complexity index is 3080. The molecule has 0 bridgehead atoms. The van der Waals surface area contributed by atoms with Crippen molar-refractivity contribution in [3.05, 3.63) is 170 Å². The predicted octanol–water partition coefficient (Wildman–Crippen LogP) is 13.9. The minimum atomic E-state index is 0.874. The van der Waals surface area contributed by atoms with Crippen molar-refractivity contribution in [3.63, 3.8) is 0 Å². The Balaban J connectivity index is 1.07. The van der Waals surface area contributed by atoms with E-state index >= 15 is 0 Å². The van der Waals surface area contributed by atoms with Gasteiger partial charge in [-0.1, -0.05) is 127 Å². The van der Waals surface area contributed by atoms with E-state index in [-0.39, 0.29) is 0 Å². The van der Waals surface area contributed by atoms with Crippen molar-refractivity contribution in [2.75, 3.05) is 0 Å². The summed E-state index contributed by atoms with van der Waals surface area (Å²) in [5, 5.41) is 11.9. The lowest BCUT2D eigenvalue weighted by molar-refractivity contribution is 0.663. The molecule has 2 nitrogen and oxygen atoms in total. The Hall–Kier alpha value is -6.64. The van der Waals surface area contributed by atoms with Crippen LogP contribution in [-0.2, 0) is 0 Å². The molecular weight excluding hydrogens is 609 g/mol. The summed E-state index contributed by atoms with van der Waals surface area (Å²) >= 11 is 0. The molecule has 50 heavy (non-hydrogen) atoms. The lowest BCUT2D eigenvalue weighted by Gasteiger charge is -2.18. The lowest BCUT2D eigenvalue weighted by Crippen LogP contribution is -1.90. The number of rotatable bonds is 3. The fraction of sp³-hybridized carbons (Fsp3) is 0. The van der Waals surface area contributed by atoms with E-state index in [0.717, 1.165) is 49.4 Å². The topological polar surface area (TPSA) is 26.3 Å². The molecule has 0 unspecified atom stereocenters. The van der Waals surface area contributed by atoms with Gasteiger partial charge >= 0.3 is 0 Å². The van der Waals surface area contributed by atoms with Crippen LogP contribution < -0.4 is 0 Å². The summed E-state index contributed by atoms with van der Waals surface area (Å²) < 4.78 is 12.6. The highest BCUT2D eigenvalue weighted by molar-refractivity contribution is 6.26. The Morgan fingerprint density at radius 1 is 0.260 bits per heavy atom. The van der Waals surface area contributed by atoms with Crippen molar-refractivity contribution in [2.45, 2.75) is 0 Å². The molecule has 11 rings (SSSR count). The van der Waals surface area contributed by atoms with E-state index in [4.69, 9.17) is 8.83 Å². The number of para-hydroxylation sites is 1. The van der Waals surface area contributed by atoms with E-state index in [1.807, 2.05) is 24.3 Å². The Kier molecular flexibility index (Phi) is 5.70. The molecule has 9 aromatic carbocycles. The largest absolute Gasteiger partial charge is 0.456 e. The lowest BCUT2D eigenvalue weighted by atomic mass is 9.85. The fourth-order valence-electron chi connectivity index (χ4n) is 8.20. The fourth-order valence-corrected chi connectivity index (χ4v) is 8.20. The number of fused-ring (bicyclic) bond motifs is 10. The van der Waals surface area contributed by atoms with Crippen LogP contribution in [0.25, 0.3) is 110 Å². The summed E-state index contributed by atoms with van der Waals surface area (Å²) in [6.45, 7) is 0. The van der Waals surface area contributed by atoms with E-state index in [1.165, 1.54) is 60.1 Å². The zero-order valence-corrected chi connectivity index (χ0v) is 27.0. The second kappa shape index (κ2) is 10.4. The van der Waals surface area contributed by atoms with E-state index in [1.54, 1.807) is 0 Å². The molecule has 11 aromatic rings. The highest BCUT2D eigenvalue weighted by Crippen LogP contribution is 2.45. The van der Waals surface area contributed by atoms with Crippen molar-refractivity contribution in [1.82, 2.24) is 0 Å². The first-order valence-electron chi connectivity index (χ1n) is 17.1. The first kappa shape index (κ1) is 27.3. The molecule has 0 atom stereocenters. The molecule has 0 radical (unpaired) electrons. The van der Waals surface area contributed by atoms with Gasteiger partial charge in [0.1, 0.15) is 22.3 Å². The molecule has 0 fully saturated rings. The second-order valence-electron chi connectivity index (χ2n) is 13.2. The van der Waals surface area contributed by atoms with Crippen molar-refractivity contribution >= 4 is 76.2 Å². The number of hydrogen-bond acceptors (Lipinski definition) is 2. The molecule has 0 spiro atoms. The minimum Gasteiger partial charge on any atom is -0.456 e. The summed E-state index contributed by atoms with van der Waals surface area (Å²) in [5.74, 6) is 0. The first-order chi connectivity index (χ1) is 24.8. The van der Waals surface area contributed by atoms with Crippen LogP contribution in [0.3, 0.4) is 0 Å². The maximum atomic E-state index is 6.35. The van der Waals surface area contributed by atoms with Gasteiger partial charge in [-0.25, -0.2) is 0 Å². The highest BCUT2D eigenvalue weighted by atomic mass is 16.3. The number of furan rings is 2. The third kappa shape index (κ3) is 3.96. The molecule has 0 N–H and O–H groups in total. The molecule has 2 heteroatoms. The van der Waals surface area contributed by atoms with E-state index < -0.39 is 0 Å². The monoisotopic (exact) mass is 636 g/mol. The van der Waals surface area contributed by atoms with Gasteiger partial charge in [-0.15, -0.1) is 0 Å². The Morgan fingerprint density at radius 3 is 1.36 bits per heavy atom. The molecule has 2 aromatic heterocycles. The molecule has 0 saturated heterocycles. The van der Waals surface area contributed by atoms with Gasteiger partial charge in [0.05, 0.1) is 0 Å². The van der Waals surface area contributed by atoms with Crippen LogP contribution in [0.5, 0.6) is 0 Å². The van der Waals surface area contributed by atoms with Gasteiger partial charge in [0.25, 0.3) is 0 Å². The van der Waals surface area contributed by atoms with Crippen LogP contribution in [0.15, 0.2) is 179 Å². The van der Waals surface area contributed by atoms with Gasteiger partial charge in [0.15, 0.2) is 0 Å². The number of benzene rings is 9. The summed E-state index contributed by atoms with van der Waals surface area (Å²) in [4.78, 5) is 0. The van der Waals surface area contributed by atoms with Crippen LogP contribution in [0.4, 0.5) is 0 Å². The minimum absolute atomic E-state index is 0.874. The average Bonchev–Trinajstić information content (AvgIpc) is 3.74. The normalized spacial score (nSPS) is 12.0. The van der Waals surface area contributed by atoms with Crippen LogP contribution in [0.2, 0.25) is 0 Å². The standard InChI is InChI=1S/C48H28O2/c1-2-10-29(11-3-1)45-35-12-4-6-14-37(35)46(38-15-7-5-13-36(38)45)34-21-20-30-26-31(18-19-32(30)27-34)33-22-23-42-40(28-33)48-44(50-42)25-24-43-47(48)39-16-8-9-17-41(39)49-43/h1-28H. The number of hydrogen-bond donors (Lipinski definition) is 0. The maximum Gasteiger partial charge on any atom is 0.136 e.